The molecule has 3 aliphatic rings. The summed E-state index contributed by atoms with van der Waals surface area (Å²) in [5.74, 6) is -17.0. The van der Waals surface area contributed by atoms with Crippen LogP contribution in [0.25, 0.3) is 0 Å². The first-order valence-electron chi connectivity index (χ1n) is 43.1. The highest BCUT2D eigenvalue weighted by Gasteiger charge is 2.47. The summed E-state index contributed by atoms with van der Waals surface area (Å²) < 4.78 is 0. The second-order valence-electron chi connectivity index (χ2n) is 33.7. The van der Waals surface area contributed by atoms with Gasteiger partial charge in [-0.15, -0.1) is 0 Å². The molecule has 0 unspecified atom stereocenters. The molecular formula is C81H137N25O20. The first kappa shape index (κ1) is 107. The van der Waals surface area contributed by atoms with Crippen LogP contribution in [-0.4, -0.2) is 266 Å². The van der Waals surface area contributed by atoms with E-state index in [-0.39, 0.29) is 133 Å². The SMILES string of the molecule is CC[C@](C)(NC(=O)[C@H](CC1CCCCC1)NC(=O)[C@H](Cc1ccncc1)NC(=O)[C@](C)(CC)NC(=O)[C@H]1C[C@H](O)CN1C(=O)[C@H](CO)NC(C)=O)C(=O)N[C@@H](CC(N)=O)C(=O)N[C@@H](CCCCN)C(=O)NC(C)(C)C(=O)N[C@H](C(=O)N[C@@H](CCCN=C(N)N)C(=O)N[C@@H](CCC(N)=O)C(=O)N[C@@H](CCCN=C(N)N)C(=O)N[C@@H](CC1CCCCC1)C(N)=O)[C@@H](C)O. The summed E-state index contributed by atoms with van der Waals surface area (Å²) in [6.07, 6.45) is 5.85. The zero-order valence-electron chi connectivity index (χ0n) is 73.6. The van der Waals surface area contributed by atoms with Crippen molar-refractivity contribution in [2.45, 2.75) is 318 Å². The van der Waals surface area contributed by atoms with Crippen LogP contribution in [0.1, 0.15) is 221 Å². The lowest BCUT2D eigenvalue weighted by Gasteiger charge is -2.35. The molecule has 0 bridgehead atoms. The van der Waals surface area contributed by atoms with Gasteiger partial charge in [-0.25, -0.2) is 0 Å². The van der Waals surface area contributed by atoms with E-state index < -0.39 is 222 Å². The smallest absolute Gasteiger partial charge is 0.248 e. The van der Waals surface area contributed by atoms with Crippen LogP contribution >= 0.6 is 0 Å². The van der Waals surface area contributed by atoms with E-state index in [0.717, 1.165) is 70.1 Å². The number of likely N-dealkylation sites (tertiary alicyclic amines) is 1. The predicted molar refractivity (Wildman–Crippen MR) is 460 cm³/mol. The van der Waals surface area contributed by atoms with Crippen molar-refractivity contribution in [3.8, 4) is 0 Å². The van der Waals surface area contributed by atoms with Crippen LogP contribution in [0.5, 0.6) is 0 Å². The van der Waals surface area contributed by atoms with Crippen molar-refractivity contribution in [3.05, 3.63) is 30.1 Å². The van der Waals surface area contributed by atoms with E-state index in [2.05, 4.69) is 84.1 Å². The summed E-state index contributed by atoms with van der Waals surface area (Å²) in [5.41, 5.74) is 39.6. The molecule has 1 aromatic heterocycles. The van der Waals surface area contributed by atoms with Crippen molar-refractivity contribution in [1.29, 1.82) is 0 Å². The number of amides is 17. The zero-order valence-corrected chi connectivity index (χ0v) is 73.6. The van der Waals surface area contributed by atoms with E-state index in [4.69, 9.17) is 45.9 Å². The molecule has 1 aliphatic heterocycles. The molecule has 2 heterocycles. The molecule has 0 spiro atoms. The maximum atomic E-state index is 15.0. The third-order valence-corrected chi connectivity index (χ3v) is 22.8. The zero-order chi connectivity index (χ0) is 94.3. The molecule has 17 amide bonds. The van der Waals surface area contributed by atoms with Gasteiger partial charge >= 0.3 is 0 Å². The number of rotatable bonds is 54. The van der Waals surface area contributed by atoms with Crippen molar-refractivity contribution < 1.29 is 96.8 Å². The van der Waals surface area contributed by atoms with Gasteiger partial charge in [0.15, 0.2) is 11.9 Å². The summed E-state index contributed by atoms with van der Waals surface area (Å²) >= 11 is 0. The fourth-order valence-electron chi connectivity index (χ4n) is 14.9. The number of guanidine groups is 2. The highest BCUT2D eigenvalue weighted by atomic mass is 16.3. The number of unbranched alkanes of at least 4 members (excludes halogenated alkanes) is 1. The van der Waals surface area contributed by atoms with Gasteiger partial charge in [0.25, 0.3) is 0 Å². The molecule has 0 aromatic carbocycles. The minimum absolute atomic E-state index is 0.00430. The van der Waals surface area contributed by atoms with Crippen LogP contribution in [0.4, 0.5) is 0 Å². The molecule has 2 saturated carbocycles. The molecule has 2 aliphatic carbocycles. The maximum absolute atomic E-state index is 15.0. The predicted octanol–water partition coefficient (Wildman–Crippen LogP) is -6.91. The first-order valence-corrected chi connectivity index (χ1v) is 43.1. The lowest BCUT2D eigenvalue weighted by Crippen LogP contribution is -2.66. The number of hydrogen-bond acceptors (Lipinski definition) is 24. The molecule has 126 heavy (non-hydrogen) atoms. The van der Waals surface area contributed by atoms with Crippen LogP contribution < -0.4 is 115 Å². The van der Waals surface area contributed by atoms with E-state index in [1.807, 2.05) is 0 Å². The van der Waals surface area contributed by atoms with Crippen LogP contribution in [0.2, 0.25) is 0 Å². The molecule has 3 fully saturated rings. The number of aliphatic hydroxyl groups excluding tert-OH is 3. The number of aliphatic hydroxyl groups is 3. The Kier molecular flexibility index (Phi) is 44.5. The van der Waals surface area contributed by atoms with Gasteiger partial charge in [0.2, 0.25) is 100 Å². The van der Waals surface area contributed by atoms with Gasteiger partial charge in [0, 0.05) is 58.2 Å². The minimum Gasteiger partial charge on any atom is -0.394 e. The van der Waals surface area contributed by atoms with Crippen LogP contribution in [0.15, 0.2) is 34.5 Å². The number of aromatic nitrogens is 1. The van der Waals surface area contributed by atoms with Crippen molar-refractivity contribution >= 4 is 112 Å². The molecule has 1 aromatic rings. The normalized spacial score (nSPS) is 18.4. The van der Waals surface area contributed by atoms with Gasteiger partial charge in [0.1, 0.15) is 83.1 Å². The van der Waals surface area contributed by atoms with Gasteiger partial charge in [0.05, 0.1) is 25.2 Å². The molecule has 15 atom stereocenters. The summed E-state index contributed by atoms with van der Waals surface area (Å²) in [4.78, 5) is 251. The van der Waals surface area contributed by atoms with E-state index in [1.54, 1.807) is 19.1 Å². The van der Waals surface area contributed by atoms with Gasteiger partial charge in [-0.05, 0) is 148 Å². The van der Waals surface area contributed by atoms with Crippen LogP contribution in [0, 0.1) is 11.8 Å². The van der Waals surface area contributed by atoms with Crippen LogP contribution in [-0.2, 0) is 87.9 Å². The standard InChI is InChI=1S/C81H137N25O20/c1-9-80(7,104-70(120)56(38-47-23-15-12-16-24-47)99-67(117)55(39-48-30-35-90-36-31-48)100-76(126)81(8,10-2)105-71(121)59-40-49(110)42-106(59)73(123)58(43-107)93-45(4)109)75(125)101-57(41-61(84)112)68(118)95-52(25-17-18-32-82)69(119)103-79(5,6)74(124)102-62(44(3)108)72(122)97-51(27-20-34-92-78(88)89)64(114)96-53(28-29-60(83)111)66(116)94-50(26-19-33-91-77(86)87)65(115)98-54(63(85)113)37-46-21-13-11-14-22-46/h30-31,35-36,44,46-47,49-59,62,107-108,110H,9-29,32-34,37-43,82H2,1-8H3,(H2,83,111)(H2,84,112)(H2,85,113)(H,93,109)(H,94,116)(H,95,118)(H,96,114)(H,97,122)(H,98,115)(H,99,117)(H,100,126)(H,101,125)(H,102,124)(H,103,119)(H,104,120)(H,105,121)(H4,86,87,91)(H4,88,89,92)/t44-,49+,50+,51+,52+,53+,54+,55+,56+,57+,58+,59-,62+,80+,81+/m1/s1. The lowest BCUT2D eigenvalue weighted by atomic mass is 9.84. The number of β-amino-alcohol motifs (C(OH)–C–C–N with tert-alkyl or cyclic N) is 1. The maximum Gasteiger partial charge on any atom is 0.248 e. The summed E-state index contributed by atoms with van der Waals surface area (Å²) in [6, 6.07) is -13.8. The number of nitrogens with zero attached hydrogens (tertiary/aromatic N) is 4. The molecule has 1 saturated heterocycles. The second kappa shape index (κ2) is 52.5. The Morgan fingerprint density at radius 1 is 0.508 bits per heavy atom. The Bertz CT molecular complexity index is 3950. The number of nitrogens with one attached hydrogen (secondary N) is 13. The Balaban J connectivity index is 1.59. The first-order chi connectivity index (χ1) is 59.3. The fraction of sp³-hybridized carbons (Fsp3) is 0.704. The third-order valence-electron chi connectivity index (χ3n) is 22.8. The fourth-order valence-corrected chi connectivity index (χ4v) is 14.9. The average Bonchev–Trinajstić information content (AvgIpc) is 1.65. The van der Waals surface area contributed by atoms with Gasteiger partial charge < -0.3 is 135 Å². The topological polar surface area (TPSA) is 756 Å². The Labute approximate surface area is 733 Å². The largest absolute Gasteiger partial charge is 0.394 e. The van der Waals surface area contributed by atoms with Crippen molar-refractivity contribution in [1.82, 2.24) is 79.0 Å². The summed E-state index contributed by atoms with van der Waals surface area (Å²) in [5, 5.41) is 65.2. The number of carbonyl (C=O) groups excluding carboxylic acids is 17. The van der Waals surface area contributed by atoms with Crippen molar-refractivity contribution in [2.24, 2.45) is 67.7 Å². The monoisotopic (exact) mass is 1780 g/mol. The van der Waals surface area contributed by atoms with Crippen molar-refractivity contribution in [2.75, 3.05) is 32.8 Å². The second-order valence-corrected chi connectivity index (χ2v) is 33.7. The molecule has 45 heteroatoms. The minimum atomic E-state index is -2.06. The number of aliphatic imine (C=N–C) groups is 2. The van der Waals surface area contributed by atoms with E-state index >= 15 is 4.79 Å². The van der Waals surface area contributed by atoms with Gasteiger partial charge in [-0.3, -0.25) is 96.5 Å². The average molecular weight is 1780 g/mol. The van der Waals surface area contributed by atoms with Gasteiger partial charge in [-0.2, -0.15) is 0 Å². The Morgan fingerprint density at radius 3 is 1.42 bits per heavy atom. The van der Waals surface area contributed by atoms with Crippen molar-refractivity contribution in [3.63, 3.8) is 0 Å². The van der Waals surface area contributed by atoms with E-state index in [0.29, 0.717) is 18.4 Å². The number of hydrogen-bond donors (Lipinski definition) is 24. The Hall–Kier alpha value is -11.5. The molecule has 0 radical (unpaired) electrons. The summed E-state index contributed by atoms with van der Waals surface area (Å²) in [6.45, 7) is 9.26. The molecular weight excluding hydrogens is 1640 g/mol. The molecule has 4 rings (SSSR count). The quantitative estimate of drug-likeness (QED) is 0.0164. The van der Waals surface area contributed by atoms with Crippen LogP contribution in [0.3, 0.4) is 0 Å². The third kappa shape index (κ3) is 35.9. The number of nitrogens with two attached hydrogens (primary N) is 8. The number of pyridine rings is 1. The van der Waals surface area contributed by atoms with E-state index in [9.17, 15) is 92.0 Å². The molecule has 32 N–H and O–H groups in total. The highest BCUT2D eigenvalue weighted by molar-refractivity contribution is 6.03. The van der Waals surface area contributed by atoms with E-state index in [1.165, 1.54) is 47.0 Å². The lowest BCUT2D eigenvalue weighted by molar-refractivity contribution is -0.144. The molecule has 45 nitrogen and oxygen atoms in total. The van der Waals surface area contributed by atoms with Gasteiger partial charge in [-0.1, -0.05) is 78.1 Å². The highest BCUT2D eigenvalue weighted by Crippen LogP contribution is 2.30. The molecule has 706 valence electrons. The Morgan fingerprint density at radius 2 is 0.952 bits per heavy atom. The number of carbonyl (C=O) groups is 17. The number of primary amides is 3. The summed E-state index contributed by atoms with van der Waals surface area (Å²) in [7, 11) is 0.